The predicted octanol–water partition coefficient (Wildman–Crippen LogP) is 26.2. The molecular weight excluding hydrogens is 1080 g/mol. The van der Waals surface area contributed by atoms with E-state index in [1.54, 1.807) is 6.08 Å². The van der Waals surface area contributed by atoms with Gasteiger partial charge in [-0.2, -0.15) is 0 Å². The van der Waals surface area contributed by atoms with Gasteiger partial charge in [0.15, 0.2) is 0 Å². The Bertz CT molecular complexity index is 1520. The van der Waals surface area contributed by atoms with Crippen LogP contribution < -0.4 is 5.32 Å². The third-order valence-electron chi connectivity index (χ3n) is 18.3. The summed E-state index contributed by atoms with van der Waals surface area (Å²) < 4.78 is 5.51. The summed E-state index contributed by atoms with van der Waals surface area (Å²) in [5.74, 6) is -0.0604. The van der Waals surface area contributed by atoms with E-state index in [1.165, 1.54) is 340 Å². The van der Waals surface area contributed by atoms with Gasteiger partial charge < -0.3 is 20.3 Å². The summed E-state index contributed by atoms with van der Waals surface area (Å²) in [6, 6.07) is -0.633. The van der Waals surface area contributed by atoms with E-state index in [4.69, 9.17) is 4.74 Å². The van der Waals surface area contributed by atoms with Crippen molar-refractivity contribution in [3.63, 3.8) is 0 Å². The average Bonchev–Trinajstić information content (AvgIpc) is 3.58. The molecule has 88 heavy (non-hydrogen) atoms. The second-order valence-electron chi connectivity index (χ2n) is 27.0. The third kappa shape index (κ3) is 72.6. The second kappa shape index (κ2) is 77.0. The minimum atomic E-state index is -0.850. The number of ether oxygens (including phenoxy) is 1. The molecule has 3 N–H and O–H groups in total. The lowest BCUT2D eigenvalue weighted by Crippen LogP contribution is -2.45. The van der Waals surface area contributed by atoms with E-state index in [2.05, 4.69) is 67.8 Å². The molecule has 0 aromatic rings. The number of esters is 1. The Kier molecular flexibility index (Phi) is 74.9. The van der Waals surface area contributed by atoms with Crippen LogP contribution in [0.1, 0.15) is 425 Å². The van der Waals surface area contributed by atoms with Gasteiger partial charge in [-0.05, 0) is 96.3 Å². The highest BCUT2D eigenvalue weighted by Gasteiger charge is 2.18. The minimum Gasteiger partial charge on any atom is -0.466 e. The van der Waals surface area contributed by atoms with E-state index in [-0.39, 0.29) is 18.5 Å². The number of allylic oxidation sites excluding steroid dienone is 9. The van der Waals surface area contributed by atoms with Crippen LogP contribution in [0.2, 0.25) is 0 Å². The second-order valence-corrected chi connectivity index (χ2v) is 27.0. The minimum absolute atomic E-state index is 0.00684. The van der Waals surface area contributed by atoms with E-state index in [0.717, 1.165) is 57.8 Å². The molecular formula is C82H153NO5. The maximum absolute atomic E-state index is 12.6. The van der Waals surface area contributed by atoms with Crippen LogP contribution >= 0.6 is 0 Å². The topological polar surface area (TPSA) is 95.9 Å². The van der Waals surface area contributed by atoms with Gasteiger partial charge in [-0.25, -0.2) is 0 Å². The molecule has 6 heteroatoms. The van der Waals surface area contributed by atoms with Gasteiger partial charge in [0.25, 0.3) is 0 Å². The molecule has 0 aliphatic carbocycles. The summed E-state index contributed by atoms with van der Waals surface area (Å²) in [7, 11) is 0. The van der Waals surface area contributed by atoms with Crippen LogP contribution in [0.4, 0.5) is 0 Å². The zero-order valence-corrected chi connectivity index (χ0v) is 59.2. The molecule has 0 rings (SSSR count). The molecule has 0 saturated carbocycles. The molecule has 0 spiro atoms. The molecule has 516 valence electrons. The van der Waals surface area contributed by atoms with Gasteiger partial charge in [0.1, 0.15) is 0 Å². The number of nitrogens with one attached hydrogen (secondary N) is 1. The van der Waals surface area contributed by atoms with Gasteiger partial charge in [-0.3, -0.25) is 9.59 Å². The first kappa shape index (κ1) is 85.6. The number of hydrogen-bond donors (Lipinski definition) is 3. The maximum Gasteiger partial charge on any atom is 0.305 e. The number of amides is 1. The number of hydrogen-bond acceptors (Lipinski definition) is 5. The average molecular weight is 1230 g/mol. The number of unbranched alkanes of at least 4 members (excludes halogenated alkanes) is 55. The Labute approximate surface area is 549 Å². The molecule has 0 saturated heterocycles. The normalized spacial score (nSPS) is 12.8. The van der Waals surface area contributed by atoms with Crippen LogP contribution in [0, 0.1) is 0 Å². The van der Waals surface area contributed by atoms with Crippen molar-refractivity contribution in [1.29, 1.82) is 0 Å². The smallest absolute Gasteiger partial charge is 0.305 e. The first-order valence-corrected chi connectivity index (χ1v) is 39.6. The van der Waals surface area contributed by atoms with Gasteiger partial charge in [0.05, 0.1) is 25.4 Å². The Morgan fingerprint density at radius 1 is 0.318 bits per heavy atom. The molecule has 0 aliphatic heterocycles. The van der Waals surface area contributed by atoms with E-state index in [0.29, 0.717) is 19.4 Å². The van der Waals surface area contributed by atoms with E-state index in [9.17, 15) is 19.8 Å². The standard InChI is InChI=1S/C82H153NO5/c1-3-5-7-9-11-13-15-17-19-21-23-24-25-29-32-35-39-42-46-50-54-58-62-66-70-74-80(85)79(78-84)83-81(86)75-71-67-63-59-55-51-47-43-40-36-33-30-27-26-28-31-34-37-41-45-49-53-57-61-65-69-73-77-88-82(87)76-72-68-64-60-56-52-48-44-38-22-20-18-16-14-12-10-8-6-4-2/h12,14,18,20,26-27,31,34,70,74,79-80,84-85H,3-11,13,15-17,19,21-25,28-30,32-33,35-69,71-73,75-78H2,1-2H3,(H,83,86)/b14-12-,20-18-,27-26-,34-31-,74-70+. The molecule has 0 radical (unpaired) electrons. The van der Waals surface area contributed by atoms with Crippen molar-refractivity contribution in [3.8, 4) is 0 Å². The summed E-state index contributed by atoms with van der Waals surface area (Å²) in [6.45, 7) is 4.91. The van der Waals surface area contributed by atoms with E-state index >= 15 is 0 Å². The lowest BCUT2D eigenvalue weighted by molar-refractivity contribution is -0.143. The third-order valence-corrected chi connectivity index (χ3v) is 18.3. The van der Waals surface area contributed by atoms with Gasteiger partial charge in [0.2, 0.25) is 5.91 Å². The van der Waals surface area contributed by atoms with Gasteiger partial charge >= 0.3 is 5.97 Å². The summed E-state index contributed by atoms with van der Waals surface area (Å²) in [6.07, 6.45) is 103. The van der Waals surface area contributed by atoms with Crippen LogP contribution in [-0.4, -0.2) is 47.4 Å². The number of aliphatic hydroxyl groups excluding tert-OH is 2. The summed E-state index contributed by atoms with van der Waals surface area (Å²) in [5, 5.41) is 23.3. The molecule has 0 heterocycles. The number of carbonyl (C=O) groups excluding carboxylic acids is 2. The van der Waals surface area contributed by atoms with Crippen molar-refractivity contribution in [2.45, 2.75) is 437 Å². The number of carbonyl (C=O) groups is 2. The molecule has 0 aromatic heterocycles. The first-order chi connectivity index (χ1) is 43.5. The number of aliphatic hydroxyl groups is 2. The highest BCUT2D eigenvalue weighted by Crippen LogP contribution is 2.19. The molecule has 0 bridgehead atoms. The van der Waals surface area contributed by atoms with Crippen molar-refractivity contribution in [2.24, 2.45) is 0 Å². The lowest BCUT2D eigenvalue weighted by Gasteiger charge is -2.20. The number of rotatable bonds is 74. The predicted molar refractivity (Wildman–Crippen MR) is 389 cm³/mol. The van der Waals surface area contributed by atoms with Gasteiger partial charge in [0, 0.05) is 12.8 Å². The Balaban J connectivity index is 3.44. The Hall–Kier alpha value is -2.44. The Morgan fingerprint density at radius 3 is 0.886 bits per heavy atom. The summed E-state index contributed by atoms with van der Waals surface area (Å²) >= 11 is 0. The molecule has 0 fully saturated rings. The van der Waals surface area contributed by atoms with Crippen molar-refractivity contribution in [2.75, 3.05) is 13.2 Å². The molecule has 0 aromatic carbocycles. The monoisotopic (exact) mass is 1230 g/mol. The maximum atomic E-state index is 12.6. The molecule has 1 amide bonds. The molecule has 2 unspecified atom stereocenters. The van der Waals surface area contributed by atoms with E-state index < -0.39 is 12.1 Å². The van der Waals surface area contributed by atoms with Crippen LogP contribution in [0.3, 0.4) is 0 Å². The fourth-order valence-corrected chi connectivity index (χ4v) is 12.2. The molecule has 0 aliphatic rings. The fourth-order valence-electron chi connectivity index (χ4n) is 12.2. The molecule has 6 nitrogen and oxygen atoms in total. The van der Waals surface area contributed by atoms with Crippen LogP contribution in [-0.2, 0) is 14.3 Å². The van der Waals surface area contributed by atoms with Crippen molar-refractivity contribution >= 4 is 11.9 Å². The van der Waals surface area contributed by atoms with Crippen molar-refractivity contribution < 1.29 is 24.5 Å². The van der Waals surface area contributed by atoms with Crippen molar-refractivity contribution in [1.82, 2.24) is 5.32 Å². The fraction of sp³-hybridized carbons (Fsp3) is 0.854. The zero-order chi connectivity index (χ0) is 63.5. The summed E-state index contributed by atoms with van der Waals surface area (Å²) in [5.41, 5.74) is 0. The molecule has 2 atom stereocenters. The quantitative estimate of drug-likeness (QED) is 0.0320. The van der Waals surface area contributed by atoms with E-state index in [1.807, 2.05) is 6.08 Å². The lowest BCUT2D eigenvalue weighted by atomic mass is 10.0. The van der Waals surface area contributed by atoms with Crippen LogP contribution in [0.5, 0.6) is 0 Å². The SMILES string of the molecule is CCCCC/C=C\C/C=C\CCCCCCCCCCCC(=O)OCCCCCCCCCCC/C=C\C/C=C\CCCCCCCCCCCCCC(=O)NC(CO)C(O)/C=C/CCCCCCCCCCCCCCCCCCCCCCCCC. The van der Waals surface area contributed by atoms with Gasteiger partial charge in [-0.15, -0.1) is 0 Å². The first-order valence-electron chi connectivity index (χ1n) is 39.6. The van der Waals surface area contributed by atoms with Crippen LogP contribution in [0.25, 0.3) is 0 Å². The zero-order valence-electron chi connectivity index (χ0n) is 59.2. The van der Waals surface area contributed by atoms with Crippen LogP contribution in [0.15, 0.2) is 60.8 Å². The Morgan fingerprint density at radius 2 is 0.568 bits per heavy atom. The van der Waals surface area contributed by atoms with Gasteiger partial charge in [-0.1, -0.05) is 376 Å². The van der Waals surface area contributed by atoms with Crippen molar-refractivity contribution in [3.05, 3.63) is 60.8 Å². The highest BCUT2D eigenvalue weighted by molar-refractivity contribution is 5.76. The largest absolute Gasteiger partial charge is 0.466 e. The highest BCUT2D eigenvalue weighted by atomic mass is 16.5. The summed E-state index contributed by atoms with van der Waals surface area (Å²) in [4.78, 5) is 24.7.